The smallest absolute Gasteiger partial charge is 0.427 e. The molecule has 0 saturated carbocycles. The Bertz CT molecular complexity index is 2100. The lowest BCUT2D eigenvalue weighted by Gasteiger charge is -2.02. The van der Waals surface area contributed by atoms with Crippen LogP contribution in [0.15, 0.2) is 4.42 Å². The maximum atomic E-state index is 15.6. The fourth-order valence-electron chi connectivity index (χ4n) is 4.31. The van der Waals surface area contributed by atoms with Crippen LogP contribution in [-0.4, -0.2) is 18.5 Å². The van der Waals surface area contributed by atoms with Gasteiger partial charge in [-0.1, -0.05) is 0 Å². The molecule has 43 heavy (non-hydrogen) atoms. The first kappa shape index (κ1) is 30.8. The Kier molecular flexibility index (Phi) is 6.78. The van der Waals surface area contributed by atoms with Crippen LogP contribution in [0.3, 0.4) is 0 Å². The highest BCUT2D eigenvalue weighted by molar-refractivity contribution is 6.17. The van der Waals surface area contributed by atoms with Crippen LogP contribution in [0.2, 0.25) is 0 Å². The van der Waals surface area contributed by atoms with Crippen molar-refractivity contribution >= 4 is 49.4 Å². The molecule has 0 radical (unpaired) electrons. The molecule has 0 bridgehead atoms. The largest absolute Gasteiger partial charge is 0.450 e. The van der Waals surface area contributed by atoms with Gasteiger partial charge in [-0.15, -0.1) is 0 Å². The lowest BCUT2D eigenvalue weighted by atomic mass is 10.1. The SMILES string of the molecule is N#CC(=c1c(F)c2c3c(F)/c(=C(\C#N)C(F)(F)F)c(F)c3oc3c(F)/c(=C(\C#N)C(F)(F)F)c(F)c3c2c1F)C(F)(F)F. The van der Waals surface area contributed by atoms with E-state index >= 15 is 26.3 Å². The molecule has 19 heteroatoms. The summed E-state index contributed by atoms with van der Waals surface area (Å²) in [5, 5.41) is 10.8. The van der Waals surface area contributed by atoms with E-state index in [4.69, 9.17) is 15.8 Å². The van der Waals surface area contributed by atoms with Gasteiger partial charge in [-0.3, -0.25) is 0 Å². The molecule has 0 atom stereocenters. The summed E-state index contributed by atoms with van der Waals surface area (Å²) in [6, 6.07) is 1.01. The maximum absolute atomic E-state index is 15.6. The number of hydrogen-bond donors (Lipinski definition) is 0. The summed E-state index contributed by atoms with van der Waals surface area (Å²) in [6.45, 7) is 0. The number of fused-ring (bicyclic) bond motifs is 5. The van der Waals surface area contributed by atoms with Crippen LogP contribution in [0.25, 0.3) is 49.4 Å². The zero-order chi connectivity index (χ0) is 32.7. The zero-order valence-electron chi connectivity index (χ0n) is 19.4. The first-order valence-electron chi connectivity index (χ1n) is 10.4. The van der Waals surface area contributed by atoms with Crippen molar-refractivity contribution in [2.24, 2.45) is 0 Å². The van der Waals surface area contributed by atoms with Crippen molar-refractivity contribution in [1.29, 1.82) is 15.8 Å². The minimum atomic E-state index is -5.97. The minimum Gasteiger partial charge on any atom is -0.450 e. The van der Waals surface area contributed by atoms with Crippen molar-refractivity contribution in [1.82, 2.24) is 0 Å². The second kappa shape index (κ2) is 9.45. The molecule has 0 aliphatic heterocycles. The molecule has 0 aliphatic rings. The van der Waals surface area contributed by atoms with Crippen LogP contribution in [0.1, 0.15) is 0 Å². The number of rotatable bonds is 0. The zero-order valence-corrected chi connectivity index (χ0v) is 19.4. The lowest BCUT2D eigenvalue weighted by molar-refractivity contribution is -0.0695. The number of alkyl halides is 9. The van der Waals surface area contributed by atoms with Crippen molar-refractivity contribution in [2.75, 3.05) is 0 Å². The van der Waals surface area contributed by atoms with Gasteiger partial charge in [0.05, 0.1) is 26.4 Å². The van der Waals surface area contributed by atoms with E-state index in [-0.39, 0.29) is 0 Å². The Morgan fingerprint density at radius 2 is 0.651 bits per heavy atom. The summed E-state index contributed by atoms with van der Waals surface area (Å²) in [5.41, 5.74) is -12.6. The van der Waals surface area contributed by atoms with Gasteiger partial charge in [0.2, 0.25) is 0 Å². The highest BCUT2D eigenvalue weighted by Gasteiger charge is 2.42. The van der Waals surface area contributed by atoms with Gasteiger partial charge < -0.3 is 4.42 Å². The average molecular weight is 631 g/mol. The third kappa shape index (κ3) is 4.24. The fraction of sp³-hybridized carbons (Fsp3) is 0.125. The van der Waals surface area contributed by atoms with E-state index in [1.807, 2.05) is 0 Å². The Morgan fingerprint density at radius 3 is 0.884 bits per heavy atom. The summed E-state index contributed by atoms with van der Waals surface area (Å²) in [7, 11) is 0. The van der Waals surface area contributed by atoms with E-state index in [1.54, 1.807) is 0 Å². The fourth-order valence-corrected chi connectivity index (χ4v) is 4.31. The number of nitrogens with zero attached hydrogens (tertiary/aromatic N) is 3. The third-order valence-electron chi connectivity index (χ3n) is 5.94. The van der Waals surface area contributed by atoms with Crippen LogP contribution in [0, 0.1) is 68.9 Å². The molecule has 0 spiro atoms. The monoisotopic (exact) mass is 631 g/mol. The highest BCUT2D eigenvalue weighted by Crippen LogP contribution is 2.40. The van der Waals surface area contributed by atoms with E-state index in [1.165, 1.54) is 0 Å². The van der Waals surface area contributed by atoms with Crippen LogP contribution in [0.5, 0.6) is 0 Å². The second-order valence-corrected chi connectivity index (χ2v) is 8.22. The topological polar surface area (TPSA) is 84.5 Å². The molecule has 1 heterocycles. The van der Waals surface area contributed by atoms with Crippen LogP contribution in [0.4, 0.5) is 65.9 Å². The van der Waals surface area contributed by atoms with Crippen molar-refractivity contribution in [2.45, 2.75) is 18.5 Å². The van der Waals surface area contributed by atoms with E-state index in [0.717, 1.165) is 0 Å². The number of nitriles is 3. The highest BCUT2D eigenvalue weighted by atomic mass is 19.4. The van der Waals surface area contributed by atoms with Crippen LogP contribution in [-0.2, 0) is 0 Å². The lowest BCUT2D eigenvalue weighted by Crippen LogP contribution is -2.22. The summed E-state index contributed by atoms with van der Waals surface area (Å²) in [6.07, 6.45) is -17.8. The minimum absolute atomic E-state index is 0.323. The van der Waals surface area contributed by atoms with Gasteiger partial charge in [0.1, 0.15) is 58.2 Å². The third-order valence-corrected chi connectivity index (χ3v) is 5.94. The van der Waals surface area contributed by atoms with Gasteiger partial charge in [0.25, 0.3) is 0 Å². The molecule has 0 unspecified atom stereocenters. The second-order valence-electron chi connectivity index (χ2n) is 8.22. The van der Waals surface area contributed by atoms with Gasteiger partial charge in [-0.05, 0) is 0 Å². The molecule has 1 aromatic heterocycles. The van der Waals surface area contributed by atoms with Gasteiger partial charge in [0, 0.05) is 10.8 Å². The quantitative estimate of drug-likeness (QED) is 0.223. The molecular formula is C24F15N3O. The Morgan fingerprint density at radius 1 is 0.419 bits per heavy atom. The van der Waals surface area contributed by atoms with Crippen LogP contribution >= 0.6 is 0 Å². The van der Waals surface area contributed by atoms with Crippen LogP contribution < -0.4 is 15.7 Å². The molecule has 3 aromatic carbocycles. The summed E-state index contributed by atoms with van der Waals surface area (Å²) >= 11 is 0. The molecule has 4 nitrogen and oxygen atoms in total. The predicted molar refractivity (Wildman–Crippen MR) is 111 cm³/mol. The van der Waals surface area contributed by atoms with Gasteiger partial charge >= 0.3 is 18.5 Å². The summed E-state index contributed by atoms with van der Waals surface area (Å²) in [5.74, 6) is -16.2. The van der Waals surface area contributed by atoms with Gasteiger partial charge in [-0.25, -0.2) is 26.3 Å². The van der Waals surface area contributed by atoms with Crippen molar-refractivity contribution < 1.29 is 70.3 Å². The molecule has 0 fully saturated rings. The molecule has 0 aliphatic carbocycles. The van der Waals surface area contributed by atoms with E-state index in [0.29, 0.717) is 18.2 Å². The molecule has 4 rings (SSSR count). The summed E-state index contributed by atoms with van der Waals surface area (Å²) < 4.78 is 218. The standard InChI is InChI=1S/C24F15N3O/c25-14-7(4(1-40)22(31,32)33)15(26)11-10(14)12-16(27)8(5(2-41)23(34,35)36)18(29)20(12)43-21-13(11)17(28)9(19(21)30)6(3-42)24(37,38)39/b7-4?,8-5-,9-6+. The normalized spacial score (nSPS) is 15.0. The van der Waals surface area contributed by atoms with Gasteiger partial charge in [-0.2, -0.15) is 55.3 Å². The molecule has 0 saturated heterocycles. The molecule has 0 amide bonds. The molecule has 4 aromatic rings. The Labute approximate surface area is 223 Å². The molecular weight excluding hydrogens is 631 g/mol. The number of halogens is 15. The maximum Gasteiger partial charge on any atom is 0.427 e. The predicted octanol–water partition coefficient (Wildman–Crippen LogP) is 6.00. The Hall–Kier alpha value is -5.12. The molecule has 222 valence electrons. The van der Waals surface area contributed by atoms with E-state index < -0.39 is 119 Å². The van der Waals surface area contributed by atoms with Crippen molar-refractivity contribution in [3.63, 3.8) is 0 Å². The van der Waals surface area contributed by atoms with Crippen molar-refractivity contribution in [3.05, 3.63) is 50.6 Å². The summed E-state index contributed by atoms with van der Waals surface area (Å²) in [4.78, 5) is 0. The van der Waals surface area contributed by atoms with Gasteiger partial charge in [0.15, 0.2) is 22.8 Å². The first-order valence-corrected chi connectivity index (χ1v) is 10.4. The van der Waals surface area contributed by atoms with E-state index in [9.17, 15) is 39.5 Å². The Balaban J connectivity index is 2.68. The van der Waals surface area contributed by atoms with Crippen molar-refractivity contribution in [3.8, 4) is 18.2 Å². The average Bonchev–Trinajstić information content (AvgIpc) is 3.27. The van der Waals surface area contributed by atoms with E-state index in [2.05, 4.69) is 4.42 Å². The number of hydrogen-bond acceptors (Lipinski definition) is 4. The first-order chi connectivity index (χ1) is 19.7. The molecule has 0 N–H and O–H groups in total.